The largest absolute Gasteiger partial charge is 0.573 e. The average molecular weight is 421 g/mol. The molecule has 0 radical (unpaired) electrons. The van der Waals surface area contributed by atoms with Crippen molar-refractivity contribution < 1.29 is 32.3 Å². The normalized spacial score (nSPS) is 15.8. The van der Waals surface area contributed by atoms with Gasteiger partial charge in [0.2, 0.25) is 0 Å². The van der Waals surface area contributed by atoms with E-state index in [1.165, 1.54) is 35.0 Å². The first kappa shape index (κ1) is 19.6. The molecule has 0 unspecified atom stereocenters. The van der Waals surface area contributed by atoms with Gasteiger partial charge in [0.1, 0.15) is 24.3 Å². The second-order valence-electron chi connectivity index (χ2n) is 6.44. The Hall–Kier alpha value is -3.76. The predicted molar refractivity (Wildman–Crippen MR) is 97.4 cm³/mol. The van der Waals surface area contributed by atoms with Crippen LogP contribution in [0.2, 0.25) is 0 Å². The van der Waals surface area contributed by atoms with Gasteiger partial charge in [0, 0.05) is 4.98 Å². The topological polar surface area (TPSA) is 88.7 Å². The fourth-order valence-electron chi connectivity index (χ4n) is 3.00. The SMILES string of the molecule is O=[N+]([O-])c1cn2c(n1)OC[C@@H](Oc1ccc(-c3ccc(OC(F)(F)F)cc3)cc1)C2. The van der Waals surface area contributed by atoms with Crippen LogP contribution in [0.1, 0.15) is 0 Å². The lowest BCUT2D eigenvalue weighted by Gasteiger charge is -2.23. The van der Waals surface area contributed by atoms with Crippen LogP contribution in [0.15, 0.2) is 54.7 Å². The highest BCUT2D eigenvalue weighted by Crippen LogP contribution is 2.28. The lowest BCUT2D eigenvalue weighted by atomic mass is 10.1. The van der Waals surface area contributed by atoms with Gasteiger partial charge in [-0.3, -0.25) is 4.57 Å². The molecule has 1 aliphatic heterocycles. The van der Waals surface area contributed by atoms with Crippen LogP contribution in [0.4, 0.5) is 19.0 Å². The molecule has 1 atom stereocenters. The van der Waals surface area contributed by atoms with E-state index >= 15 is 0 Å². The van der Waals surface area contributed by atoms with Gasteiger partial charge in [-0.05, 0) is 40.3 Å². The van der Waals surface area contributed by atoms with E-state index in [9.17, 15) is 23.3 Å². The molecule has 0 bridgehead atoms. The number of rotatable bonds is 5. The van der Waals surface area contributed by atoms with Crippen molar-refractivity contribution in [3.05, 3.63) is 64.8 Å². The Morgan fingerprint density at radius 2 is 1.67 bits per heavy atom. The van der Waals surface area contributed by atoms with Crippen molar-refractivity contribution in [1.82, 2.24) is 9.55 Å². The molecule has 0 saturated carbocycles. The summed E-state index contributed by atoms with van der Waals surface area (Å²) in [6.45, 7) is 0.537. The number of nitrogens with zero attached hydrogens (tertiary/aromatic N) is 3. The first-order chi connectivity index (χ1) is 14.3. The lowest BCUT2D eigenvalue weighted by molar-refractivity contribution is -0.389. The van der Waals surface area contributed by atoms with Gasteiger partial charge in [0.25, 0.3) is 0 Å². The van der Waals surface area contributed by atoms with Crippen LogP contribution in [0.25, 0.3) is 11.1 Å². The number of fused-ring (bicyclic) bond motifs is 1. The number of alkyl halides is 3. The van der Waals surface area contributed by atoms with Crippen molar-refractivity contribution in [2.75, 3.05) is 6.61 Å². The summed E-state index contributed by atoms with van der Waals surface area (Å²) in [7, 11) is 0. The van der Waals surface area contributed by atoms with E-state index in [0.29, 0.717) is 17.9 Å². The summed E-state index contributed by atoms with van der Waals surface area (Å²) in [5.74, 6) is -0.0216. The number of ether oxygens (including phenoxy) is 3. The Kier molecular flexibility index (Phi) is 4.94. The number of benzene rings is 2. The fourth-order valence-corrected chi connectivity index (χ4v) is 3.00. The third-order valence-electron chi connectivity index (χ3n) is 4.29. The highest BCUT2D eigenvalue weighted by molar-refractivity contribution is 5.64. The summed E-state index contributed by atoms with van der Waals surface area (Å²) >= 11 is 0. The van der Waals surface area contributed by atoms with Crippen molar-refractivity contribution in [3.8, 4) is 28.6 Å². The molecular weight excluding hydrogens is 407 g/mol. The molecule has 1 aliphatic rings. The molecule has 0 saturated heterocycles. The molecule has 30 heavy (non-hydrogen) atoms. The summed E-state index contributed by atoms with van der Waals surface area (Å²) in [6, 6.07) is 12.7. The van der Waals surface area contributed by atoms with Crippen LogP contribution in [0.3, 0.4) is 0 Å². The Bertz CT molecular complexity index is 1050. The van der Waals surface area contributed by atoms with Gasteiger partial charge in [-0.15, -0.1) is 13.2 Å². The molecule has 0 amide bonds. The number of halogens is 3. The second-order valence-corrected chi connectivity index (χ2v) is 6.44. The number of hydrogen-bond donors (Lipinski definition) is 0. The average Bonchev–Trinajstić information content (AvgIpc) is 3.12. The summed E-state index contributed by atoms with van der Waals surface area (Å²) in [5, 5.41) is 10.8. The maximum atomic E-state index is 12.2. The van der Waals surface area contributed by atoms with Crippen LogP contribution >= 0.6 is 0 Å². The molecule has 0 spiro atoms. The highest BCUT2D eigenvalue weighted by atomic mass is 19.4. The third kappa shape index (κ3) is 4.45. The van der Waals surface area contributed by atoms with Crippen molar-refractivity contribution >= 4 is 5.82 Å². The van der Waals surface area contributed by atoms with Gasteiger partial charge >= 0.3 is 18.2 Å². The monoisotopic (exact) mass is 421 g/mol. The van der Waals surface area contributed by atoms with E-state index in [2.05, 4.69) is 9.72 Å². The van der Waals surface area contributed by atoms with Gasteiger partial charge < -0.3 is 24.3 Å². The Balaban J connectivity index is 1.40. The predicted octanol–water partition coefficient (Wildman–Crippen LogP) is 4.20. The lowest BCUT2D eigenvalue weighted by Crippen LogP contribution is -2.34. The van der Waals surface area contributed by atoms with Crippen LogP contribution in [-0.4, -0.2) is 33.5 Å². The molecule has 0 aliphatic carbocycles. The molecule has 11 heteroatoms. The van der Waals surface area contributed by atoms with Crippen molar-refractivity contribution in [3.63, 3.8) is 0 Å². The van der Waals surface area contributed by atoms with Gasteiger partial charge in [0.15, 0.2) is 6.10 Å². The van der Waals surface area contributed by atoms with Gasteiger partial charge in [-0.1, -0.05) is 24.3 Å². The van der Waals surface area contributed by atoms with E-state index in [1.807, 2.05) is 0 Å². The van der Waals surface area contributed by atoms with E-state index in [0.717, 1.165) is 5.56 Å². The number of hydrogen-bond acceptors (Lipinski definition) is 6. The zero-order valence-corrected chi connectivity index (χ0v) is 15.2. The standard InChI is InChI=1S/C19H14F3N3O5/c20-19(21,22)30-15-7-3-13(4-8-15)12-1-5-14(6-2-12)29-16-9-24-10-17(25(26)27)23-18(24)28-11-16/h1-8,10,16H,9,11H2/t16-/m0/s1. The minimum Gasteiger partial charge on any atom is -0.485 e. The minimum atomic E-state index is -4.73. The van der Waals surface area contributed by atoms with E-state index in [-0.39, 0.29) is 30.3 Å². The molecule has 2 heterocycles. The van der Waals surface area contributed by atoms with E-state index < -0.39 is 11.3 Å². The quantitative estimate of drug-likeness (QED) is 0.453. The number of imidazole rings is 1. The van der Waals surface area contributed by atoms with Gasteiger partial charge in [-0.25, -0.2) is 0 Å². The van der Waals surface area contributed by atoms with Crippen molar-refractivity contribution in [2.45, 2.75) is 19.0 Å². The third-order valence-corrected chi connectivity index (χ3v) is 4.29. The first-order valence-corrected chi connectivity index (χ1v) is 8.74. The van der Waals surface area contributed by atoms with Crippen molar-refractivity contribution in [1.29, 1.82) is 0 Å². The Morgan fingerprint density at radius 3 is 2.23 bits per heavy atom. The molecule has 0 fully saturated rings. The molecule has 1 aromatic heterocycles. The summed E-state index contributed by atoms with van der Waals surface area (Å²) in [5.41, 5.74) is 1.50. The van der Waals surface area contributed by atoms with Gasteiger partial charge in [-0.2, -0.15) is 0 Å². The number of nitro groups is 1. The summed E-state index contributed by atoms with van der Waals surface area (Å²) < 4.78 is 53.4. The Morgan fingerprint density at radius 1 is 1.07 bits per heavy atom. The highest BCUT2D eigenvalue weighted by Gasteiger charge is 2.31. The fraction of sp³-hybridized carbons (Fsp3) is 0.211. The molecule has 4 rings (SSSR count). The zero-order valence-electron chi connectivity index (χ0n) is 15.2. The van der Waals surface area contributed by atoms with E-state index in [1.54, 1.807) is 24.3 Å². The van der Waals surface area contributed by atoms with Crippen LogP contribution in [-0.2, 0) is 6.54 Å². The minimum absolute atomic E-state index is 0.176. The second kappa shape index (κ2) is 7.58. The molecule has 2 aromatic carbocycles. The Labute approximate surface area is 167 Å². The van der Waals surface area contributed by atoms with E-state index in [4.69, 9.17) is 9.47 Å². The smallest absolute Gasteiger partial charge is 0.485 e. The maximum absolute atomic E-state index is 12.2. The molecular formula is C19H14F3N3O5. The van der Waals surface area contributed by atoms with Gasteiger partial charge in [0.05, 0.1) is 6.54 Å². The maximum Gasteiger partial charge on any atom is 0.573 e. The molecule has 156 valence electrons. The van der Waals surface area contributed by atoms with Crippen LogP contribution < -0.4 is 14.2 Å². The zero-order chi connectivity index (χ0) is 21.3. The van der Waals surface area contributed by atoms with Crippen LogP contribution in [0, 0.1) is 10.1 Å². The first-order valence-electron chi connectivity index (χ1n) is 8.74. The molecule has 0 N–H and O–H groups in total. The molecule has 8 nitrogen and oxygen atoms in total. The summed E-state index contributed by atoms with van der Waals surface area (Å²) in [6.07, 6.45) is -3.80. The van der Waals surface area contributed by atoms with Crippen LogP contribution in [0.5, 0.6) is 17.5 Å². The number of aromatic nitrogens is 2. The van der Waals surface area contributed by atoms with Crippen molar-refractivity contribution in [2.24, 2.45) is 0 Å². The molecule has 3 aromatic rings. The summed E-state index contributed by atoms with van der Waals surface area (Å²) in [4.78, 5) is 14.0.